The molecule has 10 atom stereocenters. The molecule has 3 aliphatic heterocycles. The van der Waals surface area contributed by atoms with Crippen LogP contribution in [0.2, 0.25) is 0 Å². The van der Waals surface area contributed by atoms with Crippen molar-refractivity contribution in [1.29, 1.82) is 0 Å². The van der Waals surface area contributed by atoms with Crippen molar-refractivity contribution in [3.8, 4) is 0 Å². The molecule has 1 saturated carbocycles. The maximum absolute atomic E-state index is 13.9. The Morgan fingerprint density at radius 2 is 1.74 bits per heavy atom. The second-order valence-corrected chi connectivity index (χ2v) is 15.7. The smallest absolute Gasteiger partial charge is 0.316 e. The number of carbonyl (C=O) groups excluding carboxylic acids is 2. The van der Waals surface area contributed by atoms with Crippen LogP contribution < -0.4 is 0 Å². The van der Waals surface area contributed by atoms with Gasteiger partial charge in [0.15, 0.2) is 6.29 Å². The maximum Gasteiger partial charge on any atom is 0.316 e. The number of methoxy groups -OCH3 is 1. The predicted octanol–water partition coefficient (Wildman–Crippen LogP) is 4.09. The Kier molecular flexibility index (Phi) is 13.5. The van der Waals surface area contributed by atoms with Crippen molar-refractivity contribution in [2.45, 2.75) is 122 Å². The van der Waals surface area contributed by atoms with Gasteiger partial charge in [-0.25, -0.2) is 0 Å². The number of ketones is 1. The molecule has 0 amide bonds. The second kappa shape index (κ2) is 16.5. The molecule has 0 spiro atoms. The number of cyclic esters (lactones) is 1. The van der Waals surface area contributed by atoms with Gasteiger partial charge in [-0.3, -0.25) is 14.5 Å². The molecule has 0 bridgehead atoms. The van der Waals surface area contributed by atoms with Crippen LogP contribution in [0.15, 0.2) is 0 Å². The molecule has 3 saturated heterocycles. The summed E-state index contributed by atoms with van der Waals surface area (Å²) >= 11 is 0. The molecule has 4 fully saturated rings. The number of hydrogen-bond donors (Lipinski definition) is 0. The molecule has 1 aliphatic carbocycles. The molecule has 46 heavy (non-hydrogen) atoms. The molecule has 266 valence electrons. The topological polar surface area (TPSA) is 90.0 Å². The van der Waals surface area contributed by atoms with Crippen LogP contribution in [0.3, 0.4) is 0 Å². The standard InChI is InChI=1S/C36H65N3O7/c1-23-18-36(5,42-10)31(21-44-33-17-28(37(6)7)14-24(2)46-33)25(3)34(40)26(4)35(41)45-22-32(39(9)19-23)27-15-29(16-27)38(8)20-30-12-11-13-43-30/h23-33H,11-22H2,1-10H3/t23-,24-,25-,26-,27?,28+,29?,30?,31-,32+,33-,36-/m1/s1. The first-order valence-electron chi connectivity index (χ1n) is 17.9. The third-order valence-corrected chi connectivity index (χ3v) is 11.9. The molecule has 0 radical (unpaired) electrons. The average Bonchev–Trinajstić information content (AvgIpc) is 3.49. The molecular weight excluding hydrogens is 586 g/mol. The van der Waals surface area contributed by atoms with E-state index in [1.54, 1.807) is 14.0 Å². The van der Waals surface area contributed by atoms with Gasteiger partial charge in [-0.15, -0.1) is 0 Å². The first kappa shape index (κ1) is 37.7. The van der Waals surface area contributed by atoms with Gasteiger partial charge in [0.2, 0.25) is 0 Å². The second-order valence-electron chi connectivity index (χ2n) is 15.7. The summed E-state index contributed by atoms with van der Waals surface area (Å²) in [5.41, 5.74) is -0.643. The number of hydrogen-bond acceptors (Lipinski definition) is 10. The highest BCUT2D eigenvalue weighted by Crippen LogP contribution is 2.40. The molecule has 10 heteroatoms. The maximum atomic E-state index is 13.9. The van der Waals surface area contributed by atoms with Gasteiger partial charge >= 0.3 is 5.97 Å². The van der Waals surface area contributed by atoms with E-state index >= 15 is 0 Å². The van der Waals surface area contributed by atoms with Crippen molar-refractivity contribution in [3.05, 3.63) is 0 Å². The van der Waals surface area contributed by atoms with Crippen LogP contribution in [-0.2, 0) is 33.3 Å². The van der Waals surface area contributed by atoms with Gasteiger partial charge in [-0.05, 0) is 99.3 Å². The average molecular weight is 652 g/mol. The number of ether oxygens (including phenoxy) is 5. The fourth-order valence-corrected chi connectivity index (χ4v) is 8.62. The van der Waals surface area contributed by atoms with E-state index in [4.69, 9.17) is 23.7 Å². The summed E-state index contributed by atoms with van der Waals surface area (Å²) < 4.78 is 30.8. The highest BCUT2D eigenvalue weighted by Gasteiger charge is 2.46. The van der Waals surface area contributed by atoms with Crippen LogP contribution in [-0.4, -0.2) is 137 Å². The third kappa shape index (κ3) is 9.30. The lowest BCUT2D eigenvalue weighted by Gasteiger charge is -2.48. The largest absolute Gasteiger partial charge is 0.463 e. The number of Topliss-reactive ketones (excluding diaryl/α,β-unsaturated/α-hetero) is 1. The lowest BCUT2D eigenvalue weighted by atomic mass is 9.72. The number of nitrogens with zero attached hydrogens (tertiary/aromatic N) is 3. The summed E-state index contributed by atoms with van der Waals surface area (Å²) in [6, 6.07) is 0.984. The number of rotatable bonds is 9. The first-order valence-corrected chi connectivity index (χ1v) is 17.9. The van der Waals surface area contributed by atoms with Crippen molar-refractivity contribution < 1.29 is 33.3 Å². The van der Waals surface area contributed by atoms with Crippen molar-refractivity contribution in [2.75, 3.05) is 68.2 Å². The Balaban J connectivity index is 1.47. The monoisotopic (exact) mass is 651 g/mol. The minimum Gasteiger partial charge on any atom is -0.463 e. The first-order chi connectivity index (χ1) is 21.7. The van der Waals surface area contributed by atoms with Gasteiger partial charge < -0.3 is 33.5 Å². The lowest BCUT2D eigenvalue weighted by molar-refractivity contribution is -0.220. The van der Waals surface area contributed by atoms with E-state index in [2.05, 4.69) is 63.7 Å². The zero-order chi connectivity index (χ0) is 33.8. The van der Waals surface area contributed by atoms with E-state index in [1.807, 2.05) is 6.92 Å². The van der Waals surface area contributed by atoms with Crippen molar-refractivity contribution >= 4 is 11.8 Å². The lowest BCUT2D eigenvalue weighted by Crippen LogP contribution is -2.54. The summed E-state index contributed by atoms with van der Waals surface area (Å²) in [7, 11) is 10.3. The Morgan fingerprint density at radius 1 is 1.02 bits per heavy atom. The van der Waals surface area contributed by atoms with Crippen LogP contribution in [0, 0.1) is 29.6 Å². The van der Waals surface area contributed by atoms with Crippen molar-refractivity contribution in [2.24, 2.45) is 29.6 Å². The normalized spacial score (nSPS) is 42.3. The van der Waals surface area contributed by atoms with Gasteiger partial charge in [-0.1, -0.05) is 13.8 Å². The number of likely N-dealkylation sites (N-methyl/N-ethyl adjacent to an activating group) is 2. The molecule has 3 heterocycles. The minimum absolute atomic E-state index is 0.0880. The van der Waals surface area contributed by atoms with E-state index in [9.17, 15) is 9.59 Å². The van der Waals surface area contributed by atoms with Crippen LogP contribution in [0.5, 0.6) is 0 Å². The van der Waals surface area contributed by atoms with Gasteiger partial charge in [-0.2, -0.15) is 0 Å². The summed E-state index contributed by atoms with van der Waals surface area (Å²) in [6.07, 6.45) is 7.01. The fraction of sp³-hybridized carbons (Fsp3) is 0.944. The molecule has 4 rings (SSSR count). The van der Waals surface area contributed by atoms with Gasteiger partial charge in [0.1, 0.15) is 18.3 Å². The molecule has 1 unspecified atom stereocenters. The van der Waals surface area contributed by atoms with Crippen molar-refractivity contribution in [3.63, 3.8) is 0 Å². The zero-order valence-corrected chi connectivity index (χ0v) is 30.5. The summed E-state index contributed by atoms with van der Waals surface area (Å²) in [5.74, 6) is -1.46. The number of carbonyl (C=O) groups is 2. The molecule has 0 aromatic heterocycles. The SMILES string of the molecule is CO[C@]1(C)C[C@@H](C)CN(C)[C@H](C2CC(N(C)CC3CCCO3)C2)COC(=O)[C@H](C)C(=O)[C@H](C)[C@H]1CO[C@H]1C[C@@H](N(C)C)C[C@@H](C)O1. The third-order valence-electron chi connectivity index (χ3n) is 11.9. The summed E-state index contributed by atoms with van der Waals surface area (Å²) in [5, 5.41) is 0. The number of esters is 1. The Morgan fingerprint density at radius 3 is 2.37 bits per heavy atom. The van der Waals surface area contributed by atoms with E-state index in [0.29, 0.717) is 37.3 Å². The van der Waals surface area contributed by atoms with Gasteiger partial charge in [0.05, 0.1) is 24.4 Å². The highest BCUT2D eigenvalue weighted by molar-refractivity contribution is 5.99. The van der Waals surface area contributed by atoms with E-state index in [0.717, 1.165) is 64.6 Å². The van der Waals surface area contributed by atoms with E-state index in [-0.39, 0.29) is 36.1 Å². The van der Waals surface area contributed by atoms with Gasteiger partial charge in [0, 0.05) is 63.2 Å². The fourth-order valence-electron chi connectivity index (χ4n) is 8.62. The molecule has 4 aliphatic rings. The molecule has 10 nitrogen and oxygen atoms in total. The molecule has 0 N–H and O–H groups in total. The van der Waals surface area contributed by atoms with Crippen LogP contribution in [0.25, 0.3) is 0 Å². The van der Waals surface area contributed by atoms with Crippen LogP contribution in [0.1, 0.15) is 79.6 Å². The Bertz CT molecular complexity index is 987. The van der Waals surface area contributed by atoms with E-state index in [1.165, 1.54) is 0 Å². The predicted molar refractivity (Wildman–Crippen MR) is 179 cm³/mol. The van der Waals surface area contributed by atoms with Gasteiger partial charge in [0.25, 0.3) is 0 Å². The van der Waals surface area contributed by atoms with Crippen LogP contribution in [0.4, 0.5) is 0 Å². The molecule has 0 aromatic carbocycles. The highest BCUT2D eigenvalue weighted by atomic mass is 16.7. The Labute approximate surface area is 279 Å². The van der Waals surface area contributed by atoms with Crippen molar-refractivity contribution in [1.82, 2.24) is 14.7 Å². The minimum atomic E-state index is -0.863. The molecular formula is C36H65N3O7. The molecule has 0 aromatic rings. The summed E-state index contributed by atoms with van der Waals surface area (Å²) in [4.78, 5) is 34.4. The Hall–Kier alpha value is -1.14. The summed E-state index contributed by atoms with van der Waals surface area (Å²) in [6.45, 7) is 13.4. The zero-order valence-electron chi connectivity index (χ0n) is 30.5. The van der Waals surface area contributed by atoms with E-state index < -0.39 is 23.4 Å². The quantitative estimate of drug-likeness (QED) is 0.268. The van der Waals surface area contributed by atoms with Crippen LogP contribution >= 0.6 is 0 Å².